The van der Waals surface area contributed by atoms with E-state index in [0.717, 1.165) is 17.0 Å². The van der Waals surface area contributed by atoms with Gasteiger partial charge in [0.15, 0.2) is 0 Å². The summed E-state index contributed by atoms with van der Waals surface area (Å²) in [6, 6.07) is 7.48. The maximum absolute atomic E-state index is 11.8. The molecule has 0 saturated heterocycles. The molecule has 2 aromatic heterocycles. The second kappa shape index (κ2) is 5.54. The van der Waals surface area contributed by atoms with Crippen LogP contribution in [0.4, 0.5) is 0 Å². The molecule has 0 aliphatic heterocycles. The first-order valence-corrected chi connectivity index (χ1v) is 6.24. The number of nitrogens with one attached hydrogen (secondary N) is 1. The van der Waals surface area contributed by atoms with Crippen LogP contribution in [0.1, 0.15) is 27.2 Å². The Balaban J connectivity index is 1.93. The van der Waals surface area contributed by atoms with E-state index in [1.54, 1.807) is 12.3 Å². The second-order valence-corrected chi connectivity index (χ2v) is 4.69. The second-order valence-electron chi connectivity index (χ2n) is 3.52. The van der Waals surface area contributed by atoms with E-state index < -0.39 is 0 Å². The van der Waals surface area contributed by atoms with E-state index in [-0.39, 0.29) is 5.91 Å². The Morgan fingerprint density at radius 2 is 2.29 bits per heavy atom. The van der Waals surface area contributed by atoms with Crippen LogP contribution in [-0.2, 0) is 13.0 Å². The lowest BCUT2D eigenvalue weighted by Gasteiger charge is -2.01. The van der Waals surface area contributed by atoms with Crippen molar-refractivity contribution in [1.82, 2.24) is 15.5 Å². The zero-order valence-corrected chi connectivity index (χ0v) is 10.3. The SMILES string of the molecule is CCc1ccc(C(=O)NCc2cccnn2)s1. The first-order chi connectivity index (χ1) is 8.29. The van der Waals surface area contributed by atoms with E-state index in [9.17, 15) is 4.79 Å². The maximum Gasteiger partial charge on any atom is 0.261 e. The van der Waals surface area contributed by atoms with Crippen molar-refractivity contribution in [3.63, 3.8) is 0 Å². The van der Waals surface area contributed by atoms with E-state index >= 15 is 0 Å². The zero-order chi connectivity index (χ0) is 12.1. The molecule has 0 spiro atoms. The molecule has 0 fully saturated rings. The Kier molecular flexibility index (Phi) is 3.82. The van der Waals surface area contributed by atoms with Gasteiger partial charge in [-0.25, -0.2) is 0 Å². The molecule has 0 atom stereocenters. The minimum absolute atomic E-state index is 0.0552. The van der Waals surface area contributed by atoms with Gasteiger partial charge in [-0.2, -0.15) is 10.2 Å². The molecule has 0 aliphatic carbocycles. The lowest BCUT2D eigenvalue weighted by Crippen LogP contribution is -2.22. The largest absolute Gasteiger partial charge is 0.346 e. The van der Waals surface area contributed by atoms with Gasteiger partial charge in [-0.1, -0.05) is 6.92 Å². The van der Waals surface area contributed by atoms with Crippen molar-refractivity contribution in [1.29, 1.82) is 0 Å². The van der Waals surface area contributed by atoms with Gasteiger partial charge in [0.2, 0.25) is 0 Å². The smallest absolute Gasteiger partial charge is 0.261 e. The fraction of sp³-hybridized carbons (Fsp3) is 0.250. The molecular formula is C12H13N3OS. The quantitative estimate of drug-likeness (QED) is 0.899. The Hall–Kier alpha value is -1.75. The minimum atomic E-state index is -0.0552. The third-order valence-electron chi connectivity index (χ3n) is 2.29. The van der Waals surface area contributed by atoms with Crippen LogP contribution in [0.15, 0.2) is 30.5 Å². The minimum Gasteiger partial charge on any atom is -0.346 e. The molecule has 2 rings (SSSR count). The third-order valence-corrected chi connectivity index (χ3v) is 3.52. The van der Waals surface area contributed by atoms with Crippen LogP contribution in [0.3, 0.4) is 0 Å². The lowest BCUT2D eigenvalue weighted by atomic mass is 10.3. The monoisotopic (exact) mass is 247 g/mol. The number of thiophene rings is 1. The zero-order valence-electron chi connectivity index (χ0n) is 9.51. The number of rotatable bonds is 4. The van der Waals surface area contributed by atoms with Crippen molar-refractivity contribution in [3.8, 4) is 0 Å². The predicted molar refractivity (Wildman–Crippen MR) is 66.9 cm³/mol. The molecule has 0 radical (unpaired) electrons. The molecule has 2 heterocycles. The van der Waals surface area contributed by atoms with E-state index in [1.807, 2.05) is 18.2 Å². The van der Waals surface area contributed by atoms with E-state index in [4.69, 9.17) is 0 Å². The molecule has 0 aliphatic rings. The Bertz CT molecular complexity index is 495. The molecule has 0 bridgehead atoms. The van der Waals surface area contributed by atoms with Crippen LogP contribution in [0, 0.1) is 0 Å². The van der Waals surface area contributed by atoms with Gasteiger partial charge in [0, 0.05) is 11.1 Å². The number of nitrogens with zero attached hydrogens (tertiary/aromatic N) is 2. The van der Waals surface area contributed by atoms with E-state index in [1.165, 1.54) is 16.2 Å². The molecule has 4 nitrogen and oxygen atoms in total. The van der Waals surface area contributed by atoms with Gasteiger partial charge in [-0.15, -0.1) is 11.3 Å². The van der Waals surface area contributed by atoms with Crippen LogP contribution < -0.4 is 5.32 Å². The average Bonchev–Trinajstić information content (AvgIpc) is 2.86. The van der Waals surface area contributed by atoms with Crippen LogP contribution in [-0.4, -0.2) is 16.1 Å². The number of hydrogen-bond acceptors (Lipinski definition) is 4. The molecular weight excluding hydrogens is 234 g/mol. The first kappa shape index (κ1) is 11.7. The molecule has 0 saturated carbocycles. The number of aromatic nitrogens is 2. The van der Waals surface area contributed by atoms with Gasteiger partial charge in [0.05, 0.1) is 17.1 Å². The molecule has 5 heteroatoms. The van der Waals surface area contributed by atoms with Crippen molar-refractivity contribution in [2.24, 2.45) is 0 Å². The highest BCUT2D eigenvalue weighted by Gasteiger charge is 2.08. The molecule has 0 unspecified atom stereocenters. The van der Waals surface area contributed by atoms with Gasteiger partial charge in [0.25, 0.3) is 5.91 Å². The van der Waals surface area contributed by atoms with Crippen molar-refractivity contribution in [3.05, 3.63) is 45.9 Å². The summed E-state index contributed by atoms with van der Waals surface area (Å²) in [5.41, 5.74) is 0.758. The van der Waals surface area contributed by atoms with Gasteiger partial charge >= 0.3 is 0 Å². The van der Waals surface area contributed by atoms with Crippen LogP contribution in [0.2, 0.25) is 0 Å². The van der Waals surface area contributed by atoms with Crippen LogP contribution in [0.5, 0.6) is 0 Å². The Morgan fingerprint density at radius 1 is 1.41 bits per heavy atom. The normalized spacial score (nSPS) is 10.2. The van der Waals surface area contributed by atoms with E-state index in [2.05, 4.69) is 22.4 Å². The number of carbonyl (C=O) groups is 1. The van der Waals surface area contributed by atoms with Crippen molar-refractivity contribution >= 4 is 17.2 Å². The topological polar surface area (TPSA) is 54.9 Å². The molecule has 88 valence electrons. The summed E-state index contributed by atoms with van der Waals surface area (Å²) in [4.78, 5) is 13.8. The number of carbonyl (C=O) groups excluding carboxylic acids is 1. The van der Waals surface area contributed by atoms with Gasteiger partial charge in [-0.3, -0.25) is 4.79 Å². The Labute approximate surface area is 104 Å². The fourth-order valence-electron chi connectivity index (χ4n) is 1.38. The summed E-state index contributed by atoms with van der Waals surface area (Å²) in [5, 5.41) is 10.5. The van der Waals surface area contributed by atoms with Gasteiger partial charge < -0.3 is 5.32 Å². The fourth-order valence-corrected chi connectivity index (χ4v) is 2.24. The number of amides is 1. The van der Waals surface area contributed by atoms with Crippen LogP contribution in [0.25, 0.3) is 0 Å². The van der Waals surface area contributed by atoms with Crippen molar-refractivity contribution in [2.45, 2.75) is 19.9 Å². The predicted octanol–water partition coefficient (Wildman–Crippen LogP) is 2.03. The summed E-state index contributed by atoms with van der Waals surface area (Å²) in [5.74, 6) is -0.0552. The van der Waals surface area contributed by atoms with Gasteiger partial charge in [0.1, 0.15) is 0 Å². The van der Waals surface area contributed by atoms with Crippen molar-refractivity contribution < 1.29 is 4.79 Å². The highest BCUT2D eigenvalue weighted by molar-refractivity contribution is 7.14. The summed E-state index contributed by atoms with van der Waals surface area (Å²) in [6.07, 6.45) is 2.57. The third kappa shape index (κ3) is 3.10. The average molecular weight is 247 g/mol. The lowest BCUT2D eigenvalue weighted by molar-refractivity contribution is 0.0954. The van der Waals surface area contributed by atoms with E-state index in [0.29, 0.717) is 6.54 Å². The Morgan fingerprint density at radius 3 is 2.94 bits per heavy atom. The summed E-state index contributed by atoms with van der Waals surface area (Å²) in [7, 11) is 0. The molecule has 1 N–H and O–H groups in total. The summed E-state index contributed by atoms with van der Waals surface area (Å²) in [6.45, 7) is 2.49. The van der Waals surface area contributed by atoms with Crippen molar-refractivity contribution in [2.75, 3.05) is 0 Å². The first-order valence-electron chi connectivity index (χ1n) is 5.43. The summed E-state index contributed by atoms with van der Waals surface area (Å²) >= 11 is 1.53. The standard InChI is InChI=1S/C12H13N3OS/c1-2-10-5-6-11(17-10)12(16)13-8-9-4-3-7-14-15-9/h3-7H,2,8H2,1H3,(H,13,16). The number of aryl methyl sites for hydroxylation is 1. The molecule has 0 aromatic carbocycles. The maximum atomic E-state index is 11.8. The van der Waals surface area contributed by atoms with Gasteiger partial charge in [-0.05, 0) is 30.7 Å². The molecule has 17 heavy (non-hydrogen) atoms. The molecule has 1 amide bonds. The highest BCUT2D eigenvalue weighted by atomic mass is 32.1. The summed E-state index contributed by atoms with van der Waals surface area (Å²) < 4.78 is 0. The van der Waals surface area contributed by atoms with Crippen LogP contribution >= 0.6 is 11.3 Å². The number of hydrogen-bond donors (Lipinski definition) is 1. The molecule has 2 aromatic rings. The highest BCUT2D eigenvalue weighted by Crippen LogP contribution is 2.16.